The number of hydrogen-bond donors (Lipinski definition) is 1. The summed E-state index contributed by atoms with van der Waals surface area (Å²) in [6.07, 6.45) is -3.18. The summed E-state index contributed by atoms with van der Waals surface area (Å²) in [6, 6.07) is 11.0. The Hall–Kier alpha value is -3.75. The molecule has 0 atom stereocenters. The van der Waals surface area contributed by atoms with E-state index in [1.807, 2.05) is 39.8 Å². The van der Waals surface area contributed by atoms with Crippen LogP contribution < -0.4 is 5.32 Å². The van der Waals surface area contributed by atoms with Gasteiger partial charge < -0.3 is 5.32 Å². The van der Waals surface area contributed by atoms with Gasteiger partial charge in [0.25, 0.3) is 0 Å². The number of benzene rings is 2. The minimum absolute atomic E-state index is 0.139. The van der Waals surface area contributed by atoms with Crippen LogP contribution >= 0.6 is 0 Å². The van der Waals surface area contributed by atoms with Gasteiger partial charge in [0.15, 0.2) is 5.65 Å². The third-order valence-electron chi connectivity index (χ3n) is 5.36. The molecule has 0 saturated carbocycles. The lowest BCUT2D eigenvalue weighted by Gasteiger charge is -2.19. The Morgan fingerprint density at radius 3 is 2.41 bits per heavy atom. The van der Waals surface area contributed by atoms with Crippen LogP contribution in [0, 0.1) is 18.2 Å². The molecule has 0 radical (unpaired) electrons. The number of alkyl halides is 3. The van der Waals surface area contributed by atoms with E-state index in [-0.39, 0.29) is 11.6 Å². The van der Waals surface area contributed by atoms with Crippen molar-refractivity contribution < 1.29 is 22.4 Å². The van der Waals surface area contributed by atoms with Crippen molar-refractivity contribution in [2.24, 2.45) is 5.41 Å². The van der Waals surface area contributed by atoms with Gasteiger partial charge in [0.2, 0.25) is 5.91 Å². The van der Waals surface area contributed by atoms with Gasteiger partial charge in [0.1, 0.15) is 5.82 Å². The molecule has 2 aromatic carbocycles. The molecular formula is C25H22F4N4O. The second-order valence-corrected chi connectivity index (χ2v) is 9.04. The van der Waals surface area contributed by atoms with Gasteiger partial charge in [-0.05, 0) is 42.8 Å². The van der Waals surface area contributed by atoms with Gasteiger partial charge in [0, 0.05) is 22.2 Å². The molecule has 2 heterocycles. The van der Waals surface area contributed by atoms with Crippen LogP contribution in [0.3, 0.4) is 0 Å². The molecule has 0 spiro atoms. The second kappa shape index (κ2) is 8.23. The summed E-state index contributed by atoms with van der Waals surface area (Å²) in [4.78, 5) is 16.9. The molecule has 176 valence electrons. The van der Waals surface area contributed by atoms with E-state index >= 15 is 0 Å². The summed E-state index contributed by atoms with van der Waals surface area (Å²) in [5.41, 5.74) is 0.604. The zero-order chi connectivity index (χ0) is 24.8. The largest absolute Gasteiger partial charge is 0.417 e. The number of rotatable bonds is 3. The first kappa shape index (κ1) is 23.4. The van der Waals surface area contributed by atoms with Crippen LogP contribution in [0.5, 0.6) is 0 Å². The fraction of sp³-hybridized carbons (Fsp3) is 0.240. The van der Waals surface area contributed by atoms with E-state index in [0.717, 1.165) is 23.8 Å². The maximum atomic E-state index is 14.4. The minimum Gasteiger partial charge on any atom is -0.325 e. The number of carbonyl (C=O) groups excluding carboxylic acids is 1. The number of aryl methyl sites for hydroxylation is 1. The molecule has 5 nitrogen and oxygen atoms in total. The molecule has 1 amide bonds. The molecule has 1 N–H and O–H groups in total. The lowest BCUT2D eigenvalue weighted by molar-refractivity contribution is -0.137. The summed E-state index contributed by atoms with van der Waals surface area (Å²) >= 11 is 0. The highest BCUT2D eigenvalue weighted by atomic mass is 19.4. The summed E-state index contributed by atoms with van der Waals surface area (Å²) in [6.45, 7) is 7.30. The highest BCUT2D eigenvalue weighted by Gasteiger charge is 2.35. The number of anilines is 1. The molecule has 0 fully saturated rings. The van der Waals surface area contributed by atoms with Crippen LogP contribution in [0.4, 0.5) is 23.2 Å². The number of aromatic nitrogens is 3. The second-order valence-electron chi connectivity index (χ2n) is 9.04. The first-order chi connectivity index (χ1) is 15.8. The molecule has 2 aromatic heterocycles. The minimum atomic E-state index is -4.73. The van der Waals surface area contributed by atoms with Gasteiger partial charge in [-0.3, -0.25) is 4.79 Å². The predicted molar refractivity (Wildman–Crippen MR) is 122 cm³/mol. The Morgan fingerprint density at radius 1 is 1.00 bits per heavy atom. The van der Waals surface area contributed by atoms with Crippen molar-refractivity contribution in [3.8, 4) is 22.5 Å². The first-order valence-corrected chi connectivity index (χ1v) is 10.5. The summed E-state index contributed by atoms with van der Waals surface area (Å²) in [5.74, 6) is -1.15. The molecule has 34 heavy (non-hydrogen) atoms. The molecule has 0 saturated heterocycles. The normalized spacial score (nSPS) is 12.2. The fourth-order valence-corrected chi connectivity index (χ4v) is 3.40. The Kier molecular flexibility index (Phi) is 5.67. The van der Waals surface area contributed by atoms with Crippen molar-refractivity contribution in [3.05, 3.63) is 71.7 Å². The molecule has 0 bridgehead atoms. The van der Waals surface area contributed by atoms with E-state index in [1.165, 1.54) is 16.6 Å². The first-order valence-electron chi connectivity index (χ1n) is 10.5. The van der Waals surface area contributed by atoms with Crippen LogP contribution in [0.1, 0.15) is 31.9 Å². The van der Waals surface area contributed by atoms with Gasteiger partial charge in [-0.15, -0.1) is 0 Å². The average Bonchev–Trinajstić information content (AvgIpc) is 3.17. The zero-order valence-corrected chi connectivity index (χ0v) is 19.0. The number of fused-ring (bicyclic) bond motifs is 1. The summed E-state index contributed by atoms with van der Waals surface area (Å²) < 4.78 is 56.1. The number of imidazole rings is 1. The van der Waals surface area contributed by atoms with E-state index in [2.05, 4.69) is 15.4 Å². The van der Waals surface area contributed by atoms with Crippen LogP contribution in [0.2, 0.25) is 0 Å². The van der Waals surface area contributed by atoms with Crippen LogP contribution in [-0.4, -0.2) is 20.5 Å². The van der Waals surface area contributed by atoms with Gasteiger partial charge in [-0.2, -0.15) is 18.3 Å². The van der Waals surface area contributed by atoms with Crippen LogP contribution in [0.15, 0.2) is 54.7 Å². The number of halogens is 4. The molecule has 0 aliphatic carbocycles. The molecule has 0 unspecified atom stereocenters. The number of nitrogens with one attached hydrogen (secondary N) is 1. The smallest absolute Gasteiger partial charge is 0.325 e. The number of hydrogen-bond acceptors (Lipinski definition) is 3. The van der Waals surface area contributed by atoms with Crippen molar-refractivity contribution in [1.29, 1.82) is 0 Å². The third kappa shape index (κ3) is 4.50. The average molecular weight is 470 g/mol. The summed E-state index contributed by atoms with van der Waals surface area (Å²) in [5, 5.41) is 7.11. The highest BCUT2D eigenvalue weighted by molar-refractivity contribution is 5.95. The number of carbonyl (C=O) groups is 1. The predicted octanol–water partition coefficient (Wildman–Crippen LogP) is 6.51. The van der Waals surface area contributed by atoms with E-state index < -0.39 is 28.5 Å². The number of nitrogens with zero attached hydrogens (tertiary/aromatic N) is 3. The molecular weight excluding hydrogens is 448 g/mol. The molecule has 0 aliphatic heterocycles. The Morgan fingerprint density at radius 2 is 1.74 bits per heavy atom. The van der Waals surface area contributed by atoms with Crippen LogP contribution in [0.25, 0.3) is 28.2 Å². The Balaban J connectivity index is 1.75. The third-order valence-corrected chi connectivity index (χ3v) is 5.36. The Labute approximate surface area is 193 Å². The van der Waals surface area contributed by atoms with Crippen molar-refractivity contribution in [2.45, 2.75) is 33.9 Å². The lowest BCUT2D eigenvalue weighted by atomic mass is 9.95. The van der Waals surface area contributed by atoms with Gasteiger partial charge >= 0.3 is 6.18 Å². The van der Waals surface area contributed by atoms with E-state index in [4.69, 9.17) is 0 Å². The monoisotopic (exact) mass is 470 g/mol. The molecule has 9 heteroatoms. The van der Waals surface area contributed by atoms with E-state index in [9.17, 15) is 22.4 Å². The standard InChI is InChI=1S/C25H22F4N4O/c1-14-8-9-15(12-19(14)31-23(34)24(2,3)4)20-13-33-21(30-20)11-10-18(32-33)22-16(25(27,28)29)6-5-7-17(22)26/h5-13H,1-4H3,(H,31,34). The quantitative estimate of drug-likeness (QED) is 0.347. The molecule has 0 aliphatic rings. The molecule has 4 rings (SSSR count). The van der Waals surface area contributed by atoms with Gasteiger partial charge in [-0.25, -0.2) is 13.9 Å². The van der Waals surface area contributed by atoms with Crippen molar-refractivity contribution in [2.75, 3.05) is 5.32 Å². The zero-order valence-electron chi connectivity index (χ0n) is 19.0. The van der Waals surface area contributed by atoms with E-state index in [1.54, 1.807) is 12.3 Å². The lowest BCUT2D eigenvalue weighted by Crippen LogP contribution is -2.27. The maximum Gasteiger partial charge on any atom is 0.417 e. The van der Waals surface area contributed by atoms with Gasteiger partial charge in [-0.1, -0.05) is 39.0 Å². The highest BCUT2D eigenvalue weighted by Crippen LogP contribution is 2.38. The SMILES string of the molecule is Cc1ccc(-c2cn3nc(-c4c(F)cccc4C(F)(F)F)ccc3n2)cc1NC(=O)C(C)(C)C. The Bertz CT molecular complexity index is 1400. The van der Waals surface area contributed by atoms with Crippen molar-refractivity contribution in [3.63, 3.8) is 0 Å². The number of amides is 1. The van der Waals surface area contributed by atoms with E-state index in [0.29, 0.717) is 22.6 Å². The van der Waals surface area contributed by atoms with Crippen LogP contribution in [-0.2, 0) is 11.0 Å². The topological polar surface area (TPSA) is 59.3 Å². The van der Waals surface area contributed by atoms with Gasteiger partial charge in [0.05, 0.1) is 23.1 Å². The van der Waals surface area contributed by atoms with Crippen molar-refractivity contribution in [1.82, 2.24) is 14.6 Å². The summed E-state index contributed by atoms with van der Waals surface area (Å²) in [7, 11) is 0. The molecule has 4 aromatic rings. The maximum absolute atomic E-state index is 14.4. The van der Waals surface area contributed by atoms with Crippen molar-refractivity contribution >= 4 is 17.2 Å². The fourth-order valence-electron chi connectivity index (χ4n) is 3.40.